The molecular weight excluding hydrogens is 194 g/mol. The van der Waals surface area contributed by atoms with E-state index in [2.05, 4.69) is 57.3 Å². The fourth-order valence-electron chi connectivity index (χ4n) is 2.39. The second-order valence-electron chi connectivity index (χ2n) is 5.66. The zero-order chi connectivity index (χ0) is 11.8. The Balaban J connectivity index is 2.23. The molecule has 2 rings (SSSR count). The molecule has 0 aromatic heterocycles. The van der Waals surface area contributed by atoms with Crippen molar-refractivity contribution < 1.29 is 0 Å². The van der Waals surface area contributed by atoms with Gasteiger partial charge in [0.1, 0.15) is 0 Å². The van der Waals surface area contributed by atoms with E-state index in [0.717, 1.165) is 0 Å². The highest BCUT2D eigenvalue weighted by Gasteiger charge is 2.44. The van der Waals surface area contributed by atoms with Crippen LogP contribution in [0.25, 0.3) is 0 Å². The maximum Gasteiger partial charge on any atom is 0.0438 e. The number of rotatable bonds is 4. The molecule has 0 unspecified atom stereocenters. The summed E-state index contributed by atoms with van der Waals surface area (Å²) >= 11 is 0. The molecule has 1 heteroatoms. The minimum atomic E-state index is 0.291. The first kappa shape index (κ1) is 11.7. The lowest BCUT2D eigenvalue weighted by molar-refractivity contribution is 0.461. The maximum atomic E-state index is 3.71. The summed E-state index contributed by atoms with van der Waals surface area (Å²) in [7, 11) is 0. The van der Waals surface area contributed by atoms with Crippen molar-refractivity contribution in [3.8, 4) is 0 Å². The molecule has 0 heterocycles. The molecule has 1 saturated carbocycles. The summed E-state index contributed by atoms with van der Waals surface area (Å²) in [5.74, 6) is 0.620. The molecule has 1 aromatic rings. The van der Waals surface area contributed by atoms with E-state index in [1.165, 1.54) is 24.0 Å². The summed E-state index contributed by atoms with van der Waals surface area (Å²) < 4.78 is 0. The van der Waals surface area contributed by atoms with Crippen LogP contribution in [-0.2, 0) is 5.54 Å². The van der Waals surface area contributed by atoms with E-state index in [0.29, 0.717) is 17.5 Å². The van der Waals surface area contributed by atoms with Gasteiger partial charge >= 0.3 is 0 Å². The zero-order valence-corrected chi connectivity index (χ0v) is 10.9. The van der Waals surface area contributed by atoms with Crippen molar-refractivity contribution in [2.45, 2.75) is 58.0 Å². The lowest BCUT2D eigenvalue weighted by Crippen LogP contribution is -2.34. The second-order valence-corrected chi connectivity index (χ2v) is 5.66. The van der Waals surface area contributed by atoms with E-state index in [1.54, 1.807) is 0 Å². The Morgan fingerprint density at radius 2 is 1.81 bits per heavy atom. The lowest BCUT2D eigenvalue weighted by atomic mass is 9.96. The van der Waals surface area contributed by atoms with Gasteiger partial charge in [-0.15, -0.1) is 0 Å². The molecule has 0 amide bonds. The maximum absolute atomic E-state index is 3.71. The third kappa shape index (κ3) is 2.30. The SMILES string of the molecule is CC(C)NC1(c2cccc(C(C)C)c2)CC1. The summed E-state index contributed by atoms with van der Waals surface area (Å²) in [6.45, 7) is 8.97. The van der Waals surface area contributed by atoms with Gasteiger partial charge in [0.2, 0.25) is 0 Å². The van der Waals surface area contributed by atoms with Crippen LogP contribution in [-0.4, -0.2) is 6.04 Å². The molecule has 1 nitrogen and oxygen atoms in total. The first-order valence-corrected chi connectivity index (χ1v) is 6.42. The van der Waals surface area contributed by atoms with Crippen LogP contribution in [0.15, 0.2) is 24.3 Å². The summed E-state index contributed by atoms with van der Waals surface area (Å²) in [6.07, 6.45) is 2.57. The molecule has 1 fully saturated rings. The molecule has 1 aromatic carbocycles. The van der Waals surface area contributed by atoms with E-state index in [-0.39, 0.29) is 0 Å². The smallest absolute Gasteiger partial charge is 0.0438 e. The third-order valence-corrected chi connectivity index (χ3v) is 3.42. The monoisotopic (exact) mass is 217 g/mol. The zero-order valence-electron chi connectivity index (χ0n) is 10.9. The lowest BCUT2D eigenvalue weighted by Gasteiger charge is -2.22. The largest absolute Gasteiger partial charge is 0.305 e. The Morgan fingerprint density at radius 1 is 1.12 bits per heavy atom. The van der Waals surface area contributed by atoms with Gasteiger partial charge in [0.25, 0.3) is 0 Å². The average Bonchev–Trinajstić information content (AvgIpc) is 2.98. The van der Waals surface area contributed by atoms with Crippen molar-refractivity contribution in [2.24, 2.45) is 0 Å². The van der Waals surface area contributed by atoms with Gasteiger partial charge in [0, 0.05) is 11.6 Å². The van der Waals surface area contributed by atoms with E-state index < -0.39 is 0 Å². The molecule has 0 radical (unpaired) electrons. The number of nitrogens with one attached hydrogen (secondary N) is 1. The highest BCUT2D eigenvalue weighted by molar-refractivity contribution is 5.35. The predicted molar refractivity (Wildman–Crippen MR) is 69.7 cm³/mol. The predicted octanol–water partition coefficient (Wildman–Crippen LogP) is 3.80. The Morgan fingerprint density at radius 3 is 2.31 bits per heavy atom. The van der Waals surface area contributed by atoms with E-state index in [4.69, 9.17) is 0 Å². The summed E-state index contributed by atoms with van der Waals surface area (Å²) in [4.78, 5) is 0. The number of hydrogen-bond donors (Lipinski definition) is 1. The van der Waals surface area contributed by atoms with Crippen molar-refractivity contribution in [3.63, 3.8) is 0 Å². The highest BCUT2D eigenvalue weighted by atomic mass is 15.0. The summed E-state index contributed by atoms with van der Waals surface area (Å²) in [5.41, 5.74) is 3.22. The van der Waals surface area contributed by atoms with Crippen LogP contribution < -0.4 is 5.32 Å². The van der Waals surface area contributed by atoms with E-state index in [1.807, 2.05) is 0 Å². The van der Waals surface area contributed by atoms with E-state index in [9.17, 15) is 0 Å². The average molecular weight is 217 g/mol. The molecule has 0 saturated heterocycles. The third-order valence-electron chi connectivity index (χ3n) is 3.42. The molecule has 0 spiro atoms. The molecule has 1 N–H and O–H groups in total. The van der Waals surface area contributed by atoms with Crippen LogP contribution in [0.5, 0.6) is 0 Å². The molecule has 1 aliphatic carbocycles. The molecule has 88 valence electrons. The fourth-order valence-corrected chi connectivity index (χ4v) is 2.39. The second kappa shape index (κ2) is 4.21. The number of benzene rings is 1. The fraction of sp³-hybridized carbons (Fsp3) is 0.600. The van der Waals surface area contributed by atoms with Gasteiger partial charge < -0.3 is 5.32 Å². The van der Waals surface area contributed by atoms with Crippen LogP contribution in [0.1, 0.15) is 57.6 Å². The van der Waals surface area contributed by atoms with Crippen molar-refractivity contribution in [3.05, 3.63) is 35.4 Å². The van der Waals surface area contributed by atoms with Crippen LogP contribution >= 0.6 is 0 Å². The summed E-state index contributed by atoms with van der Waals surface area (Å²) in [5, 5.41) is 3.71. The van der Waals surface area contributed by atoms with Gasteiger partial charge in [-0.05, 0) is 29.9 Å². The van der Waals surface area contributed by atoms with Crippen LogP contribution in [0.3, 0.4) is 0 Å². The van der Waals surface area contributed by atoms with E-state index >= 15 is 0 Å². The van der Waals surface area contributed by atoms with Crippen LogP contribution in [0.2, 0.25) is 0 Å². The topological polar surface area (TPSA) is 12.0 Å². The molecule has 1 aliphatic rings. The van der Waals surface area contributed by atoms with Crippen molar-refractivity contribution >= 4 is 0 Å². The minimum Gasteiger partial charge on any atom is -0.305 e. The Hall–Kier alpha value is -0.820. The molecule has 0 aliphatic heterocycles. The Kier molecular flexibility index (Phi) is 3.07. The number of hydrogen-bond acceptors (Lipinski definition) is 1. The molecule has 0 bridgehead atoms. The molecular formula is C15H23N. The van der Waals surface area contributed by atoms with Gasteiger partial charge in [-0.3, -0.25) is 0 Å². The van der Waals surface area contributed by atoms with Gasteiger partial charge in [0.15, 0.2) is 0 Å². The van der Waals surface area contributed by atoms with Gasteiger partial charge in [0.05, 0.1) is 0 Å². The van der Waals surface area contributed by atoms with Crippen LogP contribution in [0.4, 0.5) is 0 Å². The first-order chi connectivity index (χ1) is 7.53. The van der Waals surface area contributed by atoms with Crippen molar-refractivity contribution in [1.82, 2.24) is 5.32 Å². The minimum absolute atomic E-state index is 0.291. The van der Waals surface area contributed by atoms with Crippen LogP contribution in [0, 0.1) is 0 Å². The van der Waals surface area contributed by atoms with Crippen molar-refractivity contribution in [2.75, 3.05) is 0 Å². The van der Waals surface area contributed by atoms with Crippen molar-refractivity contribution in [1.29, 1.82) is 0 Å². The van der Waals surface area contributed by atoms with Gasteiger partial charge in [-0.1, -0.05) is 52.0 Å². The van der Waals surface area contributed by atoms with Gasteiger partial charge in [-0.2, -0.15) is 0 Å². The first-order valence-electron chi connectivity index (χ1n) is 6.42. The quantitative estimate of drug-likeness (QED) is 0.809. The standard InChI is InChI=1S/C15H23N/c1-11(2)13-6-5-7-14(10-13)15(8-9-15)16-12(3)4/h5-7,10-12,16H,8-9H2,1-4H3. The Labute approximate surface area is 99.3 Å². The molecule has 16 heavy (non-hydrogen) atoms. The molecule has 0 atom stereocenters. The van der Waals surface area contributed by atoms with Gasteiger partial charge in [-0.25, -0.2) is 0 Å². The summed E-state index contributed by atoms with van der Waals surface area (Å²) in [6, 6.07) is 9.65. The highest BCUT2D eigenvalue weighted by Crippen LogP contribution is 2.46. The Bertz CT molecular complexity index is 361. The normalized spacial score (nSPS) is 18.1.